The van der Waals surface area contributed by atoms with Crippen LogP contribution in [0.4, 0.5) is 11.5 Å². The van der Waals surface area contributed by atoms with Crippen molar-refractivity contribution in [2.45, 2.75) is 44.7 Å². The fourth-order valence-corrected chi connectivity index (χ4v) is 4.52. The number of aromatic nitrogens is 3. The van der Waals surface area contributed by atoms with Crippen molar-refractivity contribution in [3.63, 3.8) is 0 Å². The molecule has 1 aliphatic carbocycles. The molecule has 3 aromatic rings. The molecule has 0 spiro atoms. The van der Waals surface area contributed by atoms with Gasteiger partial charge in [0.05, 0.1) is 13.3 Å². The normalized spacial score (nSPS) is 15.6. The number of rotatable bonds is 5. The number of anilines is 2. The summed E-state index contributed by atoms with van der Waals surface area (Å²) in [6.45, 7) is 0.369. The van der Waals surface area contributed by atoms with Gasteiger partial charge in [-0.25, -0.2) is 9.97 Å². The number of nitrogens with zero attached hydrogens (tertiary/aromatic N) is 3. The maximum atomic E-state index is 12.6. The van der Waals surface area contributed by atoms with Crippen LogP contribution in [0.2, 0.25) is 5.02 Å². The van der Waals surface area contributed by atoms with E-state index in [1.807, 2.05) is 12.1 Å². The van der Waals surface area contributed by atoms with Crippen LogP contribution in [-0.2, 0) is 30.6 Å². The summed E-state index contributed by atoms with van der Waals surface area (Å²) in [4.78, 5) is 32.6. The molecule has 1 unspecified atom stereocenters. The molecular weight excluding hydrogens is 456 g/mol. The fourth-order valence-electron chi connectivity index (χ4n) is 4.27. The molecular formula is C24H27ClN6O3. The van der Waals surface area contributed by atoms with Crippen molar-refractivity contribution in [2.75, 3.05) is 18.2 Å². The molecule has 2 aliphatic rings. The number of fused-ring (bicyclic) bond motifs is 2. The van der Waals surface area contributed by atoms with E-state index in [4.69, 9.17) is 27.8 Å². The molecule has 5 rings (SSSR count). The second-order valence-corrected chi connectivity index (χ2v) is 8.70. The van der Waals surface area contributed by atoms with Crippen LogP contribution in [0.15, 0.2) is 41.3 Å². The lowest BCUT2D eigenvalue weighted by Gasteiger charge is -2.13. The highest BCUT2D eigenvalue weighted by molar-refractivity contribution is 6.30. The number of hydrogen-bond acceptors (Lipinski definition) is 7. The van der Waals surface area contributed by atoms with Gasteiger partial charge in [0.2, 0.25) is 5.91 Å². The highest BCUT2D eigenvalue weighted by Crippen LogP contribution is 2.24. The molecule has 0 fully saturated rings. The van der Waals surface area contributed by atoms with Gasteiger partial charge in [-0.05, 0) is 61.1 Å². The van der Waals surface area contributed by atoms with E-state index >= 15 is 0 Å². The number of nitrogens with two attached hydrogens (primary N) is 2. The van der Waals surface area contributed by atoms with Crippen LogP contribution in [0, 0.1) is 0 Å². The van der Waals surface area contributed by atoms with E-state index in [2.05, 4.69) is 21.4 Å². The van der Waals surface area contributed by atoms with Gasteiger partial charge in [0.25, 0.3) is 5.56 Å². The highest BCUT2D eigenvalue weighted by atomic mass is 35.5. The monoisotopic (exact) mass is 482 g/mol. The Balaban J connectivity index is 0.000000226. The number of aryl methyl sites for hydroxylation is 3. The molecule has 34 heavy (non-hydrogen) atoms. The first kappa shape index (κ1) is 23.6. The minimum absolute atomic E-state index is 0.296. The summed E-state index contributed by atoms with van der Waals surface area (Å²) in [5.74, 6) is 1.35. The number of nitrogens with one attached hydrogen (secondary N) is 1. The second kappa shape index (κ2) is 10.1. The van der Waals surface area contributed by atoms with Crippen LogP contribution in [0.5, 0.6) is 5.75 Å². The first-order valence-electron chi connectivity index (χ1n) is 11.1. The van der Waals surface area contributed by atoms with Gasteiger partial charge in [-0.15, -0.1) is 0 Å². The minimum Gasteiger partial charge on any atom is -0.497 e. The van der Waals surface area contributed by atoms with Crippen molar-refractivity contribution < 1.29 is 9.53 Å². The van der Waals surface area contributed by atoms with Crippen LogP contribution < -0.4 is 27.1 Å². The summed E-state index contributed by atoms with van der Waals surface area (Å²) in [7, 11) is 1.56. The number of halogens is 1. The molecule has 178 valence electrons. The third-order valence-corrected chi connectivity index (χ3v) is 6.17. The van der Waals surface area contributed by atoms with Gasteiger partial charge in [0.15, 0.2) is 0 Å². The van der Waals surface area contributed by atoms with Crippen molar-refractivity contribution in [1.82, 2.24) is 14.5 Å². The third kappa shape index (κ3) is 5.14. The Morgan fingerprint density at radius 3 is 2.85 bits per heavy atom. The first-order valence-corrected chi connectivity index (χ1v) is 11.4. The van der Waals surface area contributed by atoms with E-state index in [9.17, 15) is 9.59 Å². The molecule has 1 aliphatic heterocycles. The molecule has 2 aromatic heterocycles. The Morgan fingerprint density at radius 2 is 2.09 bits per heavy atom. The van der Waals surface area contributed by atoms with Gasteiger partial charge >= 0.3 is 0 Å². The molecule has 1 aromatic carbocycles. The number of amides is 1. The summed E-state index contributed by atoms with van der Waals surface area (Å²) in [5, 5.41) is 3.58. The number of nitrogen functional groups attached to an aromatic ring is 1. The minimum atomic E-state index is -0.631. The van der Waals surface area contributed by atoms with Crippen molar-refractivity contribution in [3.8, 4) is 5.75 Å². The summed E-state index contributed by atoms with van der Waals surface area (Å²) in [5.41, 5.74) is 14.4. The van der Waals surface area contributed by atoms with Crippen LogP contribution in [-0.4, -0.2) is 27.6 Å². The number of carbonyl (C=O) groups excluding carboxylic acids is 1. The summed E-state index contributed by atoms with van der Waals surface area (Å²) in [6.07, 6.45) is 6.09. The molecule has 0 radical (unpaired) electrons. The van der Waals surface area contributed by atoms with E-state index in [1.165, 1.54) is 34.9 Å². The van der Waals surface area contributed by atoms with E-state index in [-0.39, 0.29) is 5.56 Å². The van der Waals surface area contributed by atoms with Gasteiger partial charge in [-0.3, -0.25) is 14.2 Å². The number of primary amides is 1. The maximum Gasteiger partial charge on any atom is 0.277 e. The molecule has 1 atom stereocenters. The Hall–Kier alpha value is -3.59. The van der Waals surface area contributed by atoms with Crippen LogP contribution in [0.1, 0.15) is 41.5 Å². The average molecular weight is 483 g/mol. The van der Waals surface area contributed by atoms with Crippen LogP contribution in [0.3, 0.4) is 0 Å². The van der Waals surface area contributed by atoms with Crippen molar-refractivity contribution >= 4 is 29.0 Å². The predicted molar refractivity (Wildman–Crippen MR) is 131 cm³/mol. The zero-order valence-electron chi connectivity index (χ0n) is 18.9. The zero-order chi connectivity index (χ0) is 24.2. The average Bonchev–Trinajstić information content (AvgIpc) is 3.45. The number of pyridine rings is 1. The van der Waals surface area contributed by atoms with Crippen molar-refractivity contribution in [2.24, 2.45) is 5.73 Å². The largest absolute Gasteiger partial charge is 0.497 e. The zero-order valence-corrected chi connectivity index (χ0v) is 19.6. The van der Waals surface area contributed by atoms with Crippen molar-refractivity contribution in [1.29, 1.82) is 0 Å². The molecule has 0 bridgehead atoms. The third-order valence-electron chi connectivity index (χ3n) is 5.95. The smallest absolute Gasteiger partial charge is 0.277 e. The number of carbonyl (C=O) groups is 1. The Bertz CT molecular complexity index is 1280. The van der Waals surface area contributed by atoms with Gasteiger partial charge in [-0.1, -0.05) is 17.7 Å². The molecule has 3 heterocycles. The Labute approximate surface area is 202 Å². The quantitative estimate of drug-likeness (QED) is 0.508. The standard InChI is InChI=1S/C16H17ClN4O3.C8H10N2/c1-24-11-5-9(4-10(17)6-11)7-19-12-8-20-14-3-2-13(15(18)22)21(14)16(12)23;9-8-5-4-6-2-1-3-7(6)10-8/h4-6,8,13,19H,2-3,7H2,1H3,(H2,18,22);4-5H,1-3H2,(H2,9,10). The fraction of sp³-hybridized carbons (Fsp3) is 0.333. The summed E-state index contributed by atoms with van der Waals surface area (Å²) in [6, 6.07) is 8.64. The summed E-state index contributed by atoms with van der Waals surface area (Å²) >= 11 is 6.04. The first-order chi connectivity index (χ1) is 16.4. The Morgan fingerprint density at radius 1 is 1.26 bits per heavy atom. The lowest BCUT2D eigenvalue weighted by atomic mass is 10.2. The lowest BCUT2D eigenvalue weighted by molar-refractivity contribution is -0.121. The van der Waals surface area contributed by atoms with E-state index in [1.54, 1.807) is 19.2 Å². The molecule has 0 saturated heterocycles. The SMILES string of the molecule is COc1cc(Cl)cc(CNc2cnc3n(c2=O)C(C(N)=O)CC3)c1.Nc1ccc2c(n1)CCC2. The van der Waals surface area contributed by atoms with Gasteiger partial charge in [0, 0.05) is 23.7 Å². The van der Waals surface area contributed by atoms with E-state index in [0.717, 1.165) is 12.0 Å². The number of benzene rings is 1. The number of hydrogen-bond donors (Lipinski definition) is 3. The molecule has 1 amide bonds. The highest BCUT2D eigenvalue weighted by Gasteiger charge is 2.29. The molecule has 0 saturated carbocycles. The molecule has 5 N–H and O–H groups in total. The molecule has 10 heteroatoms. The second-order valence-electron chi connectivity index (χ2n) is 8.27. The van der Waals surface area contributed by atoms with Gasteiger partial charge < -0.3 is 21.5 Å². The summed E-state index contributed by atoms with van der Waals surface area (Å²) < 4.78 is 6.55. The molecule has 9 nitrogen and oxygen atoms in total. The maximum absolute atomic E-state index is 12.6. The van der Waals surface area contributed by atoms with Crippen LogP contribution >= 0.6 is 11.6 Å². The van der Waals surface area contributed by atoms with E-state index in [0.29, 0.717) is 47.5 Å². The van der Waals surface area contributed by atoms with Gasteiger partial charge in [0.1, 0.15) is 29.1 Å². The Kier molecular flexibility index (Phi) is 7.02. The predicted octanol–water partition coefficient (Wildman–Crippen LogP) is 2.64. The van der Waals surface area contributed by atoms with E-state index < -0.39 is 11.9 Å². The van der Waals surface area contributed by atoms with Gasteiger partial charge in [-0.2, -0.15) is 0 Å². The van der Waals surface area contributed by atoms with Crippen LogP contribution in [0.25, 0.3) is 0 Å². The number of methoxy groups -OCH3 is 1. The number of ether oxygens (including phenoxy) is 1. The lowest BCUT2D eigenvalue weighted by Crippen LogP contribution is -2.33. The van der Waals surface area contributed by atoms with Crippen molar-refractivity contribution in [3.05, 3.63) is 74.6 Å². The topological polar surface area (TPSA) is 138 Å².